The second kappa shape index (κ2) is 6.79. The summed E-state index contributed by atoms with van der Waals surface area (Å²) in [5.41, 5.74) is 0.728. The van der Waals surface area contributed by atoms with Crippen LogP contribution in [0.4, 0.5) is 10.5 Å². The lowest BCUT2D eigenvalue weighted by Gasteiger charge is -2.13. The lowest BCUT2D eigenvalue weighted by Crippen LogP contribution is -2.36. The molecule has 0 bridgehead atoms. The number of hydrogen-bond donors (Lipinski definition) is 2. The van der Waals surface area contributed by atoms with Gasteiger partial charge in [-0.1, -0.05) is 0 Å². The van der Waals surface area contributed by atoms with E-state index in [9.17, 15) is 4.79 Å². The van der Waals surface area contributed by atoms with Crippen molar-refractivity contribution in [3.05, 3.63) is 24.5 Å². The smallest absolute Gasteiger partial charge is 0.319 e. The summed E-state index contributed by atoms with van der Waals surface area (Å²) in [6, 6.07) is 3.34. The molecule has 1 aromatic heterocycles. The van der Waals surface area contributed by atoms with Crippen molar-refractivity contribution in [3.8, 4) is 0 Å². The number of nitrogens with one attached hydrogen (secondary N) is 2. The van der Waals surface area contributed by atoms with Crippen LogP contribution in [0.5, 0.6) is 0 Å². The van der Waals surface area contributed by atoms with E-state index in [1.165, 1.54) is 0 Å². The number of pyridine rings is 1. The number of carbonyl (C=O) groups excluding carboxylic acids is 1. The molecule has 0 saturated heterocycles. The average Bonchev–Trinajstić information content (AvgIpc) is 2.27. The van der Waals surface area contributed by atoms with Crippen LogP contribution in [-0.4, -0.2) is 30.8 Å². The highest BCUT2D eigenvalue weighted by molar-refractivity contribution is 5.89. The molecule has 0 aliphatic rings. The van der Waals surface area contributed by atoms with Gasteiger partial charge >= 0.3 is 6.03 Å². The highest BCUT2D eigenvalue weighted by Crippen LogP contribution is 2.02. The number of hydrogen-bond acceptors (Lipinski definition) is 3. The Kier molecular flexibility index (Phi) is 5.28. The molecule has 1 rings (SSSR count). The Morgan fingerprint density at radius 1 is 1.50 bits per heavy atom. The topological polar surface area (TPSA) is 63.2 Å². The third-order valence-electron chi connectivity index (χ3n) is 2.07. The van der Waals surface area contributed by atoms with E-state index in [1.54, 1.807) is 31.6 Å². The van der Waals surface area contributed by atoms with Gasteiger partial charge in [0.15, 0.2) is 0 Å². The maximum Gasteiger partial charge on any atom is 0.319 e. The molecule has 1 aromatic rings. The van der Waals surface area contributed by atoms with Gasteiger partial charge in [-0.25, -0.2) is 4.79 Å². The number of carbonyl (C=O) groups is 1. The minimum Gasteiger partial charge on any atom is -0.385 e. The molecular formula is C11H17N3O2. The van der Waals surface area contributed by atoms with Gasteiger partial charge in [0.2, 0.25) is 0 Å². The molecule has 2 N–H and O–H groups in total. The van der Waals surface area contributed by atoms with E-state index >= 15 is 0 Å². The predicted molar refractivity (Wildman–Crippen MR) is 62.3 cm³/mol. The molecule has 16 heavy (non-hydrogen) atoms. The van der Waals surface area contributed by atoms with Crippen LogP contribution in [0.1, 0.15) is 13.3 Å². The minimum atomic E-state index is -0.213. The molecule has 88 valence electrons. The summed E-state index contributed by atoms with van der Waals surface area (Å²) in [6.45, 7) is 2.57. The van der Waals surface area contributed by atoms with Crippen LogP contribution >= 0.6 is 0 Å². The molecule has 0 unspecified atom stereocenters. The Bertz CT molecular complexity index is 316. The molecule has 0 fully saturated rings. The zero-order valence-corrected chi connectivity index (χ0v) is 9.56. The maximum absolute atomic E-state index is 11.5. The van der Waals surface area contributed by atoms with Crippen LogP contribution in [-0.2, 0) is 4.74 Å². The second-order valence-electron chi connectivity index (χ2n) is 3.52. The van der Waals surface area contributed by atoms with Crippen molar-refractivity contribution in [2.24, 2.45) is 0 Å². The lowest BCUT2D eigenvalue weighted by molar-refractivity contribution is 0.185. The van der Waals surface area contributed by atoms with Gasteiger partial charge in [0.1, 0.15) is 0 Å². The fourth-order valence-electron chi connectivity index (χ4n) is 1.19. The van der Waals surface area contributed by atoms with Crippen LogP contribution in [0.15, 0.2) is 24.5 Å². The number of anilines is 1. The van der Waals surface area contributed by atoms with E-state index in [2.05, 4.69) is 15.6 Å². The van der Waals surface area contributed by atoms with Gasteiger partial charge in [0.25, 0.3) is 0 Å². The molecule has 0 aliphatic heterocycles. The molecule has 1 heterocycles. The van der Waals surface area contributed by atoms with Crippen molar-refractivity contribution in [1.29, 1.82) is 0 Å². The fourth-order valence-corrected chi connectivity index (χ4v) is 1.19. The van der Waals surface area contributed by atoms with E-state index in [4.69, 9.17) is 4.74 Å². The third kappa shape index (κ3) is 4.75. The predicted octanol–water partition coefficient (Wildman–Crippen LogP) is 1.63. The summed E-state index contributed by atoms with van der Waals surface area (Å²) < 4.78 is 4.93. The number of amides is 2. The standard InChI is InChI=1S/C11H17N3O2/c1-9(5-8-16-2)13-11(15)14-10-3-6-12-7-4-10/h3-4,6-7,9H,5,8H2,1-2H3,(H2,12,13,14,15)/t9-/m1/s1. The van der Waals surface area contributed by atoms with Gasteiger partial charge in [-0.15, -0.1) is 0 Å². The normalized spacial score (nSPS) is 11.9. The maximum atomic E-state index is 11.5. The van der Waals surface area contributed by atoms with E-state index in [-0.39, 0.29) is 12.1 Å². The van der Waals surface area contributed by atoms with Gasteiger partial charge in [-0.3, -0.25) is 4.98 Å². The largest absolute Gasteiger partial charge is 0.385 e. The van der Waals surface area contributed by atoms with Crippen molar-refractivity contribution in [2.45, 2.75) is 19.4 Å². The average molecular weight is 223 g/mol. The number of aromatic nitrogens is 1. The number of rotatable bonds is 5. The Labute approximate surface area is 95.2 Å². The van der Waals surface area contributed by atoms with Gasteiger partial charge < -0.3 is 15.4 Å². The van der Waals surface area contributed by atoms with Crippen molar-refractivity contribution in [3.63, 3.8) is 0 Å². The Morgan fingerprint density at radius 3 is 2.81 bits per heavy atom. The fraction of sp³-hybridized carbons (Fsp3) is 0.455. The first kappa shape index (κ1) is 12.4. The zero-order chi connectivity index (χ0) is 11.8. The summed E-state index contributed by atoms with van der Waals surface area (Å²) in [6.07, 6.45) is 4.05. The van der Waals surface area contributed by atoms with Crippen LogP contribution < -0.4 is 10.6 Å². The highest BCUT2D eigenvalue weighted by Gasteiger charge is 2.06. The molecule has 0 aromatic carbocycles. The van der Waals surface area contributed by atoms with Crippen molar-refractivity contribution in [2.75, 3.05) is 19.0 Å². The second-order valence-corrected chi connectivity index (χ2v) is 3.52. The Balaban J connectivity index is 2.31. The van der Waals surface area contributed by atoms with E-state index < -0.39 is 0 Å². The molecule has 0 aliphatic carbocycles. The van der Waals surface area contributed by atoms with E-state index in [1.807, 2.05) is 6.92 Å². The molecular weight excluding hydrogens is 206 g/mol. The molecule has 5 heteroatoms. The highest BCUT2D eigenvalue weighted by atomic mass is 16.5. The summed E-state index contributed by atoms with van der Waals surface area (Å²) in [5.74, 6) is 0. The lowest BCUT2D eigenvalue weighted by atomic mass is 10.2. The molecule has 0 radical (unpaired) electrons. The summed E-state index contributed by atoms with van der Waals surface area (Å²) in [7, 11) is 1.64. The summed E-state index contributed by atoms with van der Waals surface area (Å²) in [5, 5.41) is 5.53. The molecule has 5 nitrogen and oxygen atoms in total. The summed E-state index contributed by atoms with van der Waals surface area (Å²) in [4.78, 5) is 15.4. The summed E-state index contributed by atoms with van der Waals surface area (Å²) >= 11 is 0. The van der Waals surface area contributed by atoms with Crippen LogP contribution in [0.2, 0.25) is 0 Å². The number of urea groups is 1. The van der Waals surface area contributed by atoms with Crippen LogP contribution in [0.3, 0.4) is 0 Å². The van der Waals surface area contributed by atoms with Gasteiger partial charge in [0.05, 0.1) is 0 Å². The minimum absolute atomic E-state index is 0.0850. The Morgan fingerprint density at radius 2 is 2.19 bits per heavy atom. The molecule has 0 spiro atoms. The van der Waals surface area contributed by atoms with Gasteiger partial charge in [0, 0.05) is 37.8 Å². The first-order valence-corrected chi connectivity index (χ1v) is 5.19. The van der Waals surface area contributed by atoms with Crippen LogP contribution in [0, 0.1) is 0 Å². The van der Waals surface area contributed by atoms with Gasteiger partial charge in [-0.05, 0) is 25.5 Å². The SMILES string of the molecule is COCC[C@@H](C)NC(=O)Nc1ccncc1. The zero-order valence-electron chi connectivity index (χ0n) is 9.56. The quantitative estimate of drug-likeness (QED) is 0.797. The first-order valence-electron chi connectivity index (χ1n) is 5.19. The molecule has 2 amide bonds. The van der Waals surface area contributed by atoms with Crippen molar-refractivity contribution in [1.82, 2.24) is 10.3 Å². The third-order valence-corrected chi connectivity index (χ3v) is 2.07. The Hall–Kier alpha value is -1.62. The van der Waals surface area contributed by atoms with Gasteiger partial charge in [-0.2, -0.15) is 0 Å². The monoisotopic (exact) mass is 223 g/mol. The number of methoxy groups -OCH3 is 1. The van der Waals surface area contributed by atoms with E-state index in [0.29, 0.717) is 6.61 Å². The van der Waals surface area contributed by atoms with Crippen molar-refractivity contribution < 1.29 is 9.53 Å². The van der Waals surface area contributed by atoms with Crippen molar-refractivity contribution >= 4 is 11.7 Å². The molecule has 1 atom stereocenters. The number of nitrogens with zero attached hydrogens (tertiary/aromatic N) is 1. The number of ether oxygens (including phenoxy) is 1. The molecule has 0 saturated carbocycles. The first-order chi connectivity index (χ1) is 7.72. The van der Waals surface area contributed by atoms with Crippen LogP contribution in [0.25, 0.3) is 0 Å². The van der Waals surface area contributed by atoms with E-state index in [0.717, 1.165) is 12.1 Å².